The Morgan fingerprint density at radius 1 is 1.25 bits per heavy atom. The molecule has 166 valence electrons. The summed E-state index contributed by atoms with van der Waals surface area (Å²) in [5.74, 6) is 2.14. The maximum Gasteiger partial charge on any atom is 0.231 e. The van der Waals surface area contributed by atoms with Gasteiger partial charge in [0.15, 0.2) is 33.6 Å². The fourth-order valence-electron chi connectivity index (χ4n) is 3.29. The number of nitrogen functional groups attached to an aromatic ring is 1. The van der Waals surface area contributed by atoms with E-state index in [-0.39, 0.29) is 19.2 Å². The second-order valence-corrected chi connectivity index (χ2v) is 9.77. The van der Waals surface area contributed by atoms with Crippen LogP contribution in [0.3, 0.4) is 0 Å². The number of nitrogens with one attached hydrogen (secondary N) is 1. The highest BCUT2D eigenvalue weighted by atomic mass is 32.2. The molecule has 0 fully saturated rings. The molecular formula is C19H18N6O5S2. The van der Waals surface area contributed by atoms with Gasteiger partial charge in [-0.3, -0.25) is 0 Å². The van der Waals surface area contributed by atoms with Gasteiger partial charge < -0.3 is 24.2 Å². The lowest BCUT2D eigenvalue weighted by Crippen LogP contribution is -2.26. The van der Waals surface area contributed by atoms with Crippen LogP contribution in [-0.4, -0.2) is 47.5 Å². The van der Waals surface area contributed by atoms with Crippen LogP contribution in [0.1, 0.15) is 0 Å². The summed E-state index contributed by atoms with van der Waals surface area (Å²) in [7, 11) is -3.34. The van der Waals surface area contributed by atoms with E-state index in [1.54, 1.807) is 16.9 Å². The van der Waals surface area contributed by atoms with Crippen LogP contribution in [0.15, 0.2) is 51.3 Å². The lowest BCUT2D eigenvalue weighted by atomic mass is 10.1. The summed E-state index contributed by atoms with van der Waals surface area (Å²) in [5, 5.41) is 0.564. The molecule has 4 heterocycles. The summed E-state index contributed by atoms with van der Waals surface area (Å²) >= 11 is 1.35. The number of anilines is 1. The number of nitrogens with two attached hydrogens (primary N) is 1. The van der Waals surface area contributed by atoms with Gasteiger partial charge in [-0.2, -0.15) is 0 Å². The van der Waals surface area contributed by atoms with E-state index in [4.69, 9.17) is 19.6 Å². The number of furan rings is 1. The van der Waals surface area contributed by atoms with Crippen LogP contribution in [0.4, 0.5) is 5.82 Å². The Balaban J connectivity index is 1.58. The fourth-order valence-corrected chi connectivity index (χ4v) is 4.81. The van der Waals surface area contributed by atoms with Crippen LogP contribution in [0.5, 0.6) is 11.5 Å². The minimum absolute atomic E-state index is 0.142. The molecule has 1 aliphatic heterocycles. The highest BCUT2D eigenvalue weighted by molar-refractivity contribution is 7.99. The molecule has 1 aromatic carbocycles. The maximum atomic E-state index is 11.5. The molecule has 13 heteroatoms. The second-order valence-electron chi connectivity index (χ2n) is 6.92. The Bertz CT molecular complexity index is 1400. The largest absolute Gasteiger partial charge is 0.464 e. The van der Waals surface area contributed by atoms with Crippen LogP contribution >= 0.6 is 11.8 Å². The lowest BCUT2D eigenvalue weighted by molar-refractivity contribution is 0.174. The van der Waals surface area contributed by atoms with Crippen LogP contribution in [0, 0.1) is 0 Å². The number of fused-ring (bicyclic) bond motifs is 2. The van der Waals surface area contributed by atoms with Crippen molar-refractivity contribution in [1.82, 2.24) is 24.2 Å². The first-order valence-corrected chi connectivity index (χ1v) is 12.2. The van der Waals surface area contributed by atoms with Crippen molar-refractivity contribution >= 4 is 38.8 Å². The standard InChI is InChI=1S/C19H18N6O5S2/c1-32(26,27)23-4-5-25-18-16(17(20)21-9-22-18)24-19(25)31-15-8-14-13(29-10-30-14)7-11(15)12-3-2-6-28-12/h2-3,6-9,23H,4-5,10H2,1H3,(H2,20,21,22). The molecule has 0 bridgehead atoms. The number of sulfonamides is 1. The van der Waals surface area contributed by atoms with Crippen LogP contribution in [0.25, 0.3) is 22.5 Å². The first kappa shape index (κ1) is 20.6. The van der Waals surface area contributed by atoms with Gasteiger partial charge >= 0.3 is 0 Å². The highest BCUT2D eigenvalue weighted by Gasteiger charge is 2.23. The Morgan fingerprint density at radius 3 is 2.81 bits per heavy atom. The first-order valence-electron chi connectivity index (χ1n) is 9.46. The third kappa shape index (κ3) is 3.97. The quantitative estimate of drug-likeness (QED) is 0.408. The van der Waals surface area contributed by atoms with Gasteiger partial charge in [0.05, 0.1) is 12.5 Å². The number of ether oxygens (including phenoxy) is 2. The predicted molar refractivity (Wildman–Crippen MR) is 117 cm³/mol. The number of rotatable bonds is 7. The Hall–Kier alpha value is -3.29. The summed E-state index contributed by atoms with van der Waals surface area (Å²) in [5.41, 5.74) is 7.76. The summed E-state index contributed by atoms with van der Waals surface area (Å²) in [4.78, 5) is 13.8. The number of nitrogens with zero attached hydrogens (tertiary/aromatic N) is 4. The monoisotopic (exact) mass is 474 g/mol. The Labute approximate surface area is 187 Å². The van der Waals surface area contributed by atoms with Gasteiger partial charge in [0.1, 0.15) is 12.1 Å². The van der Waals surface area contributed by atoms with Crippen molar-refractivity contribution in [2.45, 2.75) is 16.6 Å². The van der Waals surface area contributed by atoms with E-state index in [0.717, 1.165) is 16.7 Å². The Morgan fingerprint density at radius 2 is 2.06 bits per heavy atom. The first-order chi connectivity index (χ1) is 15.4. The third-order valence-corrected chi connectivity index (χ3v) is 6.47. The molecule has 0 radical (unpaired) electrons. The Kier molecular flexibility index (Phi) is 5.15. The molecule has 0 amide bonds. The van der Waals surface area contributed by atoms with Gasteiger partial charge in [-0.25, -0.2) is 28.1 Å². The zero-order valence-corrected chi connectivity index (χ0v) is 18.4. The van der Waals surface area contributed by atoms with Crippen molar-refractivity contribution in [3.8, 4) is 22.8 Å². The van der Waals surface area contributed by atoms with Crippen molar-refractivity contribution in [3.63, 3.8) is 0 Å². The topological polar surface area (TPSA) is 147 Å². The van der Waals surface area contributed by atoms with Crippen molar-refractivity contribution in [1.29, 1.82) is 0 Å². The molecule has 0 unspecified atom stereocenters. The van der Waals surface area contributed by atoms with Crippen LogP contribution in [0.2, 0.25) is 0 Å². The maximum absolute atomic E-state index is 11.5. The summed E-state index contributed by atoms with van der Waals surface area (Å²) in [6.07, 6.45) is 4.05. The van der Waals surface area contributed by atoms with Crippen LogP contribution < -0.4 is 19.9 Å². The van der Waals surface area contributed by atoms with E-state index in [1.807, 2.05) is 18.2 Å². The lowest BCUT2D eigenvalue weighted by Gasteiger charge is -2.11. The molecule has 0 atom stereocenters. The predicted octanol–water partition coefficient (Wildman–Crippen LogP) is 2.10. The van der Waals surface area contributed by atoms with Gasteiger partial charge in [0.2, 0.25) is 16.8 Å². The number of benzene rings is 1. The van der Waals surface area contributed by atoms with Crippen molar-refractivity contribution in [2.75, 3.05) is 25.3 Å². The molecule has 0 saturated heterocycles. The molecule has 0 aliphatic carbocycles. The molecule has 0 saturated carbocycles. The zero-order valence-electron chi connectivity index (χ0n) is 16.8. The van der Waals surface area contributed by atoms with E-state index in [2.05, 4.69) is 19.7 Å². The highest BCUT2D eigenvalue weighted by Crippen LogP contribution is 2.45. The number of imidazole rings is 1. The molecule has 1 aliphatic rings. The molecule has 3 aromatic heterocycles. The number of aromatic nitrogens is 4. The average Bonchev–Trinajstić information content (AvgIpc) is 3.48. The molecule has 5 rings (SSSR count). The molecular weight excluding hydrogens is 456 g/mol. The smallest absolute Gasteiger partial charge is 0.231 e. The van der Waals surface area contributed by atoms with Gasteiger partial charge in [-0.15, -0.1) is 0 Å². The van der Waals surface area contributed by atoms with E-state index in [1.165, 1.54) is 18.1 Å². The summed E-state index contributed by atoms with van der Waals surface area (Å²) in [6.45, 7) is 0.597. The van der Waals surface area contributed by atoms with Crippen molar-refractivity contribution in [2.24, 2.45) is 0 Å². The zero-order chi connectivity index (χ0) is 22.3. The molecule has 4 aromatic rings. The van der Waals surface area contributed by atoms with Crippen molar-refractivity contribution in [3.05, 3.63) is 36.9 Å². The van der Waals surface area contributed by atoms with E-state index >= 15 is 0 Å². The van der Waals surface area contributed by atoms with Gasteiger partial charge in [-0.05, 0) is 24.3 Å². The van der Waals surface area contributed by atoms with Crippen molar-refractivity contribution < 1.29 is 22.3 Å². The minimum atomic E-state index is -3.34. The minimum Gasteiger partial charge on any atom is -0.464 e. The summed E-state index contributed by atoms with van der Waals surface area (Å²) in [6, 6.07) is 7.37. The fraction of sp³-hybridized carbons (Fsp3) is 0.211. The summed E-state index contributed by atoms with van der Waals surface area (Å²) < 4.78 is 44.0. The average molecular weight is 475 g/mol. The molecule has 11 nitrogen and oxygen atoms in total. The third-order valence-electron chi connectivity index (χ3n) is 4.69. The number of hydrogen-bond acceptors (Lipinski definition) is 10. The van der Waals surface area contributed by atoms with E-state index in [9.17, 15) is 8.42 Å². The molecule has 32 heavy (non-hydrogen) atoms. The van der Waals surface area contributed by atoms with Gasteiger partial charge in [-0.1, -0.05) is 11.8 Å². The van der Waals surface area contributed by atoms with E-state index in [0.29, 0.717) is 40.1 Å². The van der Waals surface area contributed by atoms with Gasteiger partial charge in [0.25, 0.3) is 0 Å². The molecule has 0 spiro atoms. The van der Waals surface area contributed by atoms with Crippen LogP contribution in [-0.2, 0) is 16.6 Å². The van der Waals surface area contributed by atoms with E-state index < -0.39 is 10.0 Å². The number of hydrogen-bond donors (Lipinski definition) is 2. The normalized spacial score (nSPS) is 13.2. The molecule has 3 N–H and O–H groups in total. The van der Waals surface area contributed by atoms with Gasteiger partial charge in [0, 0.05) is 23.5 Å². The second kappa shape index (κ2) is 8.00. The SMILES string of the molecule is CS(=O)(=O)NCCn1c(Sc2cc3c(cc2-c2ccco2)OCO3)nc2c(N)ncnc21.